The highest BCUT2D eigenvalue weighted by atomic mass is 32.2. The van der Waals surface area contributed by atoms with E-state index in [0.29, 0.717) is 45.0 Å². The molecule has 0 bridgehead atoms. The van der Waals surface area contributed by atoms with Gasteiger partial charge in [-0.3, -0.25) is 4.68 Å². The van der Waals surface area contributed by atoms with Crippen molar-refractivity contribution in [2.75, 3.05) is 19.8 Å². The summed E-state index contributed by atoms with van der Waals surface area (Å²) in [6.07, 6.45) is 5.18. The summed E-state index contributed by atoms with van der Waals surface area (Å²) in [5.74, 6) is -0.472. The van der Waals surface area contributed by atoms with Crippen LogP contribution in [0.15, 0.2) is 48.8 Å². The van der Waals surface area contributed by atoms with Crippen molar-refractivity contribution in [1.29, 1.82) is 0 Å². The first-order valence-corrected chi connectivity index (χ1v) is 13.9. The van der Waals surface area contributed by atoms with Crippen LogP contribution < -0.4 is 0 Å². The standard InChI is InChI=1S/C27H32F2N4O2S/c1-2-12-32-19-30-26(31-32)27(10-14-35-15-11-27)22-17-23(28)21(16-24(22)29)18-33-13-6-9-25(36(33)34)20-7-4-3-5-8-20/h3-5,7-8,16-17,19,25H,2,6,9-15,18H2,1H3/t25-,36?/m1/s1. The van der Waals surface area contributed by atoms with Gasteiger partial charge in [0.1, 0.15) is 18.0 Å². The number of halogens is 2. The summed E-state index contributed by atoms with van der Waals surface area (Å²) in [6.45, 7) is 4.30. The second kappa shape index (κ2) is 11.0. The maximum Gasteiger partial charge on any atom is 0.161 e. The molecule has 2 fully saturated rings. The van der Waals surface area contributed by atoms with E-state index in [-0.39, 0.29) is 22.9 Å². The molecule has 2 aliphatic heterocycles. The Hall–Kier alpha value is -2.33. The van der Waals surface area contributed by atoms with Gasteiger partial charge in [0, 0.05) is 60.8 Å². The lowest BCUT2D eigenvalue weighted by atomic mass is 9.73. The molecule has 2 aromatic carbocycles. The van der Waals surface area contributed by atoms with Gasteiger partial charge in [-0.1, -0.05) is 37.3 Å². The van der Waals surface area contributed by atoms with Crippen molar-refractivity contribution in [3.8, 4) is 0 Å². The highest BCUT2D eigenvalue weighted by Gasteiger charge is 2.43. The van der Waals surface area contributed by atoms with Crippen LogP contribution >= 0.6 is 0 Å². The van der Waals surface area contributed by atoms with Crippen LogP contribution in [0.3, 0.4) is 0 Å². The predicted molar refractivity (Wildman–Crippen MR) is 134 cm³/mol. The van der Waals surface area contributed by atoms with Gasteiger partial charge in [-0.15, -0.1) is 4.31 Å². The largest absolute Gasteiger partial charge is 0.597 e. The molecule has 2 atom stereocenters. The van der Waals surface area contributed by atoms with Gasteiger partial charge in [0.2, 0.25) is 0 Å². The first-order valence-electron chi connectivity index (χ1n) is 12.7. The molecule has 1 unspecified atom stereocenters. The fourth-order valence-corrected chi connectivity index (χ4v) is 7.06. The summed E-state index contributed by atoms with van der Waals surface area (Å²) >= 11 is -1.32. The number of rotatable bonds is 7. The Balaban J connectivity index is 1.42. The van der Waals surface area contributed by atoms with E-state index in [9.17, 15) is 4.55 Å². The monoisotopic (exact) mass is 514 g/mol. The number of benzene rings is 2. The molecule has 6 nitrogen and oxygen atoms in total. The van der Waals surface area contributed by atoms with E-state index in [0.717, 1.165) is 24.8 Å². The fraction of sp³-hybridized carbons (Fsp3) is 0.481. The normalized spacial score (nSPS) is 22.6. The summed E-state index contributed by atoms with van der Waals surface area (Å²) < 4.78 is 53.6. The summed E-state index contributed by atoms with van der Waals surface area (Å²) in [7, 11) is 0. The van der Waals surface area contributed by atoms with E-state index in [1.807, 2.05) is 30.3 Å². The molecule has 2 saturated heterocycles. The Kier molecular flexibility index (Phi) is 7.71. The van der Waals surface area contributed by atoms with E-state index in [2.05, 4.69) is 17.0 Å². The second-order valence-corrected chi connectivity index (χ2v) is 11.3. The van der Waals surface area contributed by atoms with Crippen LogP contribution in [0.2, 0.25) is 0 Å². The molecule has 192 valence electrons. The molecule has 0 radical (unpaired) electrons. The Morgan fingerprint density at radius 3 is 2.67 bits per heavy atom. The molecule has 3 heterocycles. The molecule has 3 aromatic rings. The first kappa shape index (κ1) is 25.3. The minimum atomic E-state index is -1.32. The van der Waals surface area contributed by atoms with E-state index >= 15 is 8.78 Å². The van der Waals surface area contributed by atoms with Gasteiger partial charge < -0.3 is 9.29 Å². The van der Waals surface area contributed by atoms with Crippen LogP contribution in [0.25, 0.3) is 0 Å². The van der Waals surface area contributed by atoms with Crippen molar-refractivity contribution in [3.05, 3.63) is 82.9 Å². The van der Waals surface area contributed by atoms with Gasteiger partial charge in [-0.25, -0.2) is 13.8 Å². The zero-order valence-electron chi connectivity index (χ0n) is 20.5. The van der Waals surface area contributed by atoms with E-state index in [4.69, 9.17) is 4.74 Å². The molecule has 0 saturated carbocycles. The van der Waals surface area contributed by atoms with Crippen molar-refractivity contribution in [1.82, 2.24) is 19.1 Å². The Bertz CT molecular complexity index is 1170. The quantitative estimate of drug-likeness (QED) is 0.412. The zero-order chi connectivity index (χ0) is 25.1. The van der Waals surface area contributed by atoms with E-state index in [1.165, 1.54) is 12.1 Å². The minimum absolute atomic E-state index is 0.0957. The van der Waals surface area contributed by atoms with Crippen LogP contribution in [-0.2, 0) is 34.6 Å². The number of hydrogen-bond acceptors (Lipinski definition) is 5. The number of ether oxygens (including phenoxy) is 1. The Labute approximate surface area is 214 Å². The molecule has 0 N–H and O–H groups in total. The number of nitrogens with zero attached hydrogens (tertiary/aromatic N) is 4. The molecular weight excluding hydrogens is 482 g/mol. The third kappa shape index (κ3) is 4.94. The highest BCUT2D eigenvalue weighted by molar-refractivity contribution is 7.89. The molecule has 5 rings (SSSR count). The molecule has 0 amide bonds. The third-order valence-corrected chi connectivity index (χ3v) is 9.12. The van der Waals surface area contributed by atoms with Crippen molar-refractivity contribution < 1.29 is 18.1 Å². The molecule has 1 aromatic heterocycles. The van der Waals surface area contributed by atoms with Crippen molar-refractivity contribution in [2.24, 2.45) is 0 Å². The molecule has 0 spiro atoms. The van der Waals surface area contributed by atoms with Gasteiger partial charge >= 0.3 is 0 Å². The molecular formula is C27H32F2N4O2S. The molecule has 0 aliphatic carbocycles. The van der Waals surface area contributed by atoms with Crippen molar-refractivity contribution in [3.63, 3.8) is 0 Å². The van der Waals surface area contributed by atoms with Gasteiger partial charge in [-0.05, 0) is 37.8 Å². The SMILES string of the molecule is CCCn1cnc(C2(c3cc(F)c(CN4CCC[C@H](c5ccccc5)[S+]4[O-])cc3F)CCOCC2)n1. The van der Waals surface area contributed by atoms with Gasteiger partial charge in [-0.2, -0.15) is 5.10 Å². The lowest BCUT2D eigenvalue weighted by Gasteiger charge is -2.36. The maximum atomic E-state index is 15.7. The summed E-state index contributed by atoms with van der Waals surface area (Å²) in [6, 6.07) is 12.3. The van der Waals surface area contributed by atoms with Gasteiger partial charge in [0.15, 0.2) is 11.1 Å². The molecule has 9 heteroatoms. The minimum Gasteiger partial charge on any atom is -0.597 e. The fourth-order valence-electron chi connectivity index (χ4n) is 5.37. The van der Waals surface area contributed by atoms with Crippen molar-refractivity contribution >= 4 is 11.4 Å². The average molecular weight is 515 g/mol. The predicted octanol–water partition coefficient (Wildman–Crippen LogP) is 5.06. The van der Waals surface area contributed by atoms with Crippen LogP contribution in [0, 0.1) is 11.6 Å². The van der Waals surface area contributed by atoms with Gasteiger partial charge in [0.25, 0.3) is 0 Å². The smallest absolute Gasteiger partial charge is 0.161 e. The van der Waals surface area contributed by atoms with Crippen LogP contribution in [-0.4, -0.2) is 43.4 Å². The topological polar surface area (TPSA) is 66.2 Å². The number of aryl methyl sites for hydroxylation is 1. The van der Waals surface area contributed by atoms with Crippen molar-refractivity contribution in [2.45, 2.75) is 62.8 Å². The average Bonchev–Trinajstić information content (AvgIpc) is 3.38. The molecule has 2 aliphatic rings. The third-order valence-electron chi connectivity index (χ3n) is 7.30. The lowest BCUT2D eigenvalue weighted by Crippen LogP contribution is -2.40. The number of hydrogen-bond donors (Lipinski definition) is 0. The van der Waals surface area contributed by atoms with E-state index in [1.54, 1.807) is 15.3 Å². The zero-order valence-corrected chi connectivity index (χ0v) is 21.4. The second-order valence-electron chi connectivity index (χ2n) is 9.63. The summed E-state index contributed by atoms with van der Waals surface area (Å²) in [5.41, 5.74) is 0.653. The van der Waals surface area contributed by atoms with Crippen LogP contribution in [0.1, 0.15) is 66.8 Å². The maximum absolute atomic E-state index is 15.7. The summed E-state index contributed by atoms with van der Waals surface area (Å²) in [4.78, 5) is 4.50. The molecule has 36 heavy (non-hydrogen) atoms. The Morgan fingerprint density at radius 2 is 1.92 bits per heavy atom. The van der Waals surface area contributed by atoms with Crippen LogP contribution in [0.5, 0.6) is 0 Å². The Morgan fingerprint density at radius 1 is 1.14 bits per heavy atom. The number of aromatic nitrogens is 3. The highest BCUT2D eigenvalue weighted by Crippen LogP contribution is 2.42. The first-order chi connectivity index (χ1) is 17.5. The summed E-state index contributed by atoms with van der Waals surface area (Å²) in [5, 5.41) is 4.48. The van der Waals surface area contributed by atoms with Gasteiger partial charge in [0.05, 0.1) is 12.0 Å². The van der Waals surface area contributed by atoms with Crippen LogP contribution in [0.4, 0.5) is 8.78 Å². The van der Waals surface area contributed by atoms with E-state index < -0.39 is 28.4 Å². The lowest BCUT2D eigenvalue weighted by molar-refractivity contribution is 0.0592.